The molecule has 0 unspecified atom stereocenters. The second kappa shape index (κ2) is 6.80. The molecule has 3 aliphatic heterocycles. The average Bonchev–Trinajstić information content (AvgIpc) is 2.90. The Morgan fingerprint density at radius 3 is 2.32 bits per heavy atom. The standard InChI is InChI=1S/C18H21N3.BrH/c1-2-4-15(5-3-1)18-7-6-17(14-19-18)21-13-12-20-10-8-16(21)9-11-20;/h1-7,14,16H,8-13H2;1H. The van der Waals surface area contributed by atoms with Gasteiger partial charge >= 0.3 is 0 Å². The number of anilines is 1. The number of aromatic nitrogens is 1. The molecule has 116 valence electrons. The van der Waals surface area contributed by atoms with Crippen LogP contribution in [0.1, 0.15) is 12.8 Å². The first kappa shape index (κ1) is 15.5. The van der Waals surface area contributed by atoms with E-state index < -0.39 is 0 Å². The van der Waals surface area contributed by atoms with E-state index in [-0.39, 0.29) is 17.0 Å². The van der Waals surface area contributed by atoms with E-state index in [1.807, 2.05) is 6.07 Å². The number of halogens is 1. The van der Waals surface area contributed by atoms with E-state index in [4.69, 9.17) is 0 Å². The van der Waals surface area contributed by atoms with Crippen molar-refractivity contribution in [1.82, 2.24) is 9.88 Å². The number of pyridine rings is 1. The molecular weight excluding hydrogens is 338 g/mol. The van der Waals surface area contributed by atoms with Crippen LogP contribution in [0.4, 0.5) is 5.69 Å². The van der Waals surface area contributed by atoms with Crippen LogP contribution < -0.4 is 4.90 Å². The smallest absolute Gasteiger partial charge is 0.0703 e. The summed E-state index contributed by atoms with van der Waals surface area (Å²) in [5.74, 6) is 0. The largest absolute Gasteiger partial charge is 0.366 e. The number of hydrogen-bond acceptors (Lipinski definition) is 3. The summed E-state index contributed by atoms with van der Waals surface area (Å²) in [7, 11) is 0. The number of benzene rings is 1. The summed E-state index contributed by atoms with van der Waals surface area (Å²) in [4.78, 5) is 9.83. The minimum Gasteiger partial charge on any atom is -0.366 e. The Morgan fingerprint density at radius 1 is 0.864 bits per heavy atom. The Labute approximate surface area is 142 Å². The summed E-state index contributed by atoms with van der Waals surface area (Å²) in [6, 6.07) is 15.5. The van der Waals surface area contributed by atoms with Gasteiger partial charge in [-0.3, -0.25) is 4.98 Å². The van der Waals surface area contributed by atoms with Gasteiger partial charge in [-0.25, -0.2) is 0 Å². The SMILES string of the molecule is Br.c1ccc(-c2ccc(N3CCN4CCC3CC4)cn2)cc1. The summed E-state index contributed by atoms with van der Waals surface area (Å²) in [6.45, 7) is 4.85. The summed E-state index contributed by atoms with van der Waals surface area (Å²) < 4.78 is 0. The van der Waals surface area contributed by atoms with Crippen molar-refractivity contribution in [3.63, 3.8) is 0 Å². The lowest BCUT2D eigenvalue weighted by Gasteiger charge is -2.32. The molecule has 3 fully saturated rings. The minimum atomic E-state index is 0. The minimum absolute atomic E-state index is 0. The van der Waals surface area contributed by atoms with Gasteiger partial charge in [0.1, 0.15) is 0 Å². The molecule has 4 heterocycles. The van der Waals surface area contributed by atoms with Gasteiger partial charge in [0.2, 0.25) is 0 Å². The average molecular weight is 360 g/mol. The summed E-state index contributed by atoms with van der Waals surface area (Å²) in [5.41, 5.74) is 3.53. The predicted octanol–water partition coefficient (Wildman–Crippen LogP) is 3.61. The van der Waals surface area contributed by atoms with Gasteiger partial charge in [0.25, 0.3) is 0 Å². The topological polar surface area (TPSA) is 19.4 Å². The maximum Gasteiger partial charge on any atom is 0.0703 e. The van der Waals surface area contributed by atoms with Gasteiger partial charge in [0, 0.05) is 37.8 Å². The van der Waals surface area contributed by atoms with Crippen LogP contribution in [-0.4, -0.2) is 42.1 Å². The molecule has 0 N–H and O–H groups in total. The Balaban J connectivity index is 0.00000144. The second-order valence-corrected chi connectivity index (χ2v) is 6.03. The second-order valence-electron chi connectivity index (χ2n) is 6.03. The van der Waals surface area contributed by atoms with Crippen molar-refractivity contribution in [1.29, 1.82) is 0 Å². The summed E-state index contributed by atoms with van der Waals surface area (Å²) >= 11 is 0. The highest BCUT2D eigenvalue weighted by molar-refractivity contribution is 8.93. The summed E-state index contributed by atoms with van der Waals surface area (Å²) in [5, 5.41) is 0. The van der Waals surface area contributed by atoms with Gasteiger partial charge in [-0.2, -0.15) is 0 Å². The lowest BCUT2D eigenvalue weighted by Crippen LogP contribution is -2.37. The molecule has 0 saturated carbocycles. The van der Waals surface area contributed by atoms with Crippen molar-refractivity contribution in [2.75, 3.05) is 31.1 Å². The van der Waals surface area contributed by atoms with E-state index in [1.165, 1.54) is 43.7 Å². The first-order valence-electron chi connectivity index (χ1n) is 7.91. The van der Waals surface area contributed by atoms with Crippen LogP contribution in [0.25, 0.3) is 11.3 Å². The molecule has 0 radical (unpaired) electrons. The van der Waals surface area contributed by atoms with Crippen molar-refractivity contribution in [2.24, 2.45) is 0 Å². The molecule has 3 nitrogen and oxygen atoms in total. The molecule has 5 rings (SSSR count). The van der Waals surface area contributed by atoms with Gasteiger partial charge in [0.15, 0.2) is 0 Å². The molecule has 1 aromatic heterocycles. The van der Waals surface area contributed by atoms with Gasteiger partial charge in [-0.15, -0.1) is 17.0 Å². The molecule has 3 saturated heterocycles. The van der Waals surface area contributed by atoms with E-state index >= 15 is 0 Å². The van der Waals surface area contributed by atoms with Crippen LogP contribution in [0.3, 0.4) is 0 Å². The van der Waals surface area contributed by atoms with E-state index in [1.54, 1.807) is 0 Å². The van der Waals surface area contributed by atoms with Crippen LogP contribution in [0.5, 0.6) is 0 Å². The van der Waals surface area contributed by atoms with Crippen LogP contribution in [0.15, 0.2) is 48.7 Å². The highest BCUT2D eigenvalue weighted by Gasteiger charge is 2.29. The number of piperidine rings is 1. The summed E-state index contributed by atoms with van der Waals surface area (Å²) in [6.07, 6.45) is 4.64. The third kappa shape index (κ3) is 3.03. The molecule has 0 atom stereocenters. The van der Waals surface area contributed by atoms with Crippen LogP contribution in [-0.2, 0) is 0 Å². The van der Waals surface area contributed by atoms with Crippen molar-refractivity contribution < 1.29 is 0 Å². The molecule has 0 aliphatic carbocycles. The predicted molar refractivity (Wildman–Crippen MR) is 96.8 cm³/mol. The first-order chi connectivity index (χ1) is 10.4. The van der Waals surface area contributed by atoms with Crippen molar-refractivity contribution >= 4 is 22.7 Å². The molecule has 4 heteroatoms. The first-order valence-corrected chi connectivity index (χ1v) is 7.91. The zero-order chi connectivity index (χ0) is 14.1. The fraction of sp³-hybridized carbons (Fsp3) is 0.389. The molecule has 0 spiro atoms. The Morgan fingerprint density at radius 2 is 1.64 bits per heavy atom. The quantitative estimate of drug-likeness (QED) is 0.816. The third-order valence-electron chi connectivity index (χ3n) is 4.80. The van der Waals surface area contributed by atoms with Gasteiger partial charge in [-0.1, -0.05) is 30.3 Å². The molecule has 2 bridgehead atoms. The number of nitrogens with zero attached hydrogens (tertiary/aromatic N) is 3. The Hall–Kier alpha value is -1.39. The maximum atomic E-state index is 4.68. The van der Waals surface area contributed by atoms with Crippen LogP contribution in [0.2, 0.25) is 0 Å². The molecule has 1 aromatic carbocycles. The van der Waals surface area contributed by atoms with Crippen LogP contribution in [0, 0.1) is 0 Å². The molecule has 3 aliphatic rings. The zero-order valence-electron chi connectivity index (χ0n) is 12.7. The van der Waals surface area contributed by atoms with Crippen molar-refractivity contribution in [3.05, 3.63) is 48.7 Å². The Bertz CT molecular complexity index is 591. The van der Waals surface area contributed by atoms with Crippen LogP contribution >= 0.6 is 17.0 Å². The van der Waals surface area contributed by atoms with E-state index in [9.17, 15) is 0 Å². The van der Waals surface area contributed by atoms with Crippen molar-refractivity contribution in [2.45, 2.75) is 18.9 Å². The fourth-order valence-electron chi connectivity index (χ4n) is 3.56. The lowest BCUT2D eigenvalue weighted by atomic mass is 10.0. The number of hydrogen-bond donors (Lipinski definition) is 0. The van der Waals surface area contributed by atoms with Gasteiger partial charge in [-0.05, 0) is 25.0 Å². The molecule has 2 aromatic rings. The third-order valence-corrected chi connectivity index (χ3v) is 4.80. The molecule has 22 heavy (non-hydrogen) atoms. The molecular formula is C18H22BrN3. The monoisotopic (exact) mass is 359 g/mol. The number of rotatable bonds is 2. The highest BCUT2D eigenvalue weighted by atomic mass is 79.9. The van der Waals surface area contributed by atoms with Gasteiger partial charge in [0.05, 0.1) is 17.6 Å². The zero-order valence-corrected chi connectivity index (χ0v) is 14.4. The number of fused-ring (bicyclic) bond motifs is 4. The fourth-order valence-corrected chi connectivity index (χ4v) is 3.56. The maximum absolute atomic E-state index is 4.68. The van der Waals surface area contributed by atoms with E-state index in [0.29, 0.717) is 6.04 Å². The highest BCUT2D eigenvalue weighted by Crippen LogP contribution is 2.27. The van der Waals surface area contributed by atoms with E-state index in [0.717, 1.165) is 12.2 Å². The van der Waals surface area contributed by atoms with E-state index in [2.05, 4.69) is 57.4 Å². The normalized spacial score (nSPS) is 23.7. The van der Waals surface area contributed by atoms with Gasteiger partial charge < -0.3 is 9.80 Å². The molecule has 0 amide bonds. The lowest BCUT2D eigenvalue weighted by molar-refractivity contribution is 0.250. The Kier molecular flexibility index (Phi) is 4.79. The van der Waals surface area contributed by atoms with Crippen molar-refractivity contribution in [3.8, 4) is 11.3 Å².